The first-order chi connectivity index (χ1) is 7.08. The van der Waals surface area contributed by atoms with Crippen LogP contribution in [0.5, 0.6) is 0 Å². The number of ether oxygens (including phenoxy) is 1. The van der Waals surface area contributed by atoms with E-state index >= 15 is 0 Å². The van der Waals surface area contributed by atoms with Gasteiger partial charge in [-0.05, 0) is 25.2 Å². The normalized spacial score (nSPS) is 25.3. The third-order valence-electron chi connectivity index (χ3n) is 2.20. The number of carbonyl (C=O) groups is 1. The molecule has 0 amide bonds. The molecular weight excluding hydrogens is 235 g/mol. The molecule has 0 spiro atoms. The van der Waals surface area contributed by atoms with Gasteiger partial charge < -0.3 is 4.74 Å². The summed E-state index contributed by atoms with van der Waals surface area (Å²) in [6, 6.07) is 0. The molecule has 0 bridgehead atoms. The van der Waals surface area contributed by atoms with Crippen molar-refractivity contribution in [2.45, 2.75) is 13.0 Å². The lowest BCUT2D eigenvalue weighted by Crippen LogP contribution is -2.23. The highest BCUT2D eigenvalue weighted by molar-refractivity contribution is 6.36. The van der Waals surface area contributed by atoms with Crippen molar-refractivity contribution in [3.8, 4) is 0 Å². The molecule has 15 heavy (non-hydrogen) atoms. The van der Waals surface area contributed by atoms with Crippen LogP contribution < -0.4 is 0 Å². The third kappa shape index (κ3) is 2.01. The Hall–Kier alpha value is -0.990. The molecule has 0 aromatic carbocycles. The van der Waals surface area contributed by atoms with Crippen LogP contribution in [0.25, 0.3) is 0 Å². The summed E-state index contributed by atoms with van der Waals surface area (Å²) >= 11 is 11.8. The van der Waals surface area contributed by atoms with Crippen LogP contribution in [-0.4, -0.2) is 11.9 Å². The van der Waals surface area contributed by atoms with E-state index in [-0.39, 0.29) is 5.78 Å². The lowest BCUT2D eigenvalue weighted by Gasteiger charge is -2.20. The van der Waals surface area contributed by atoms with Gasteiger partial charge in [-0.3, -0.25) is 4.79 Å². The fraction of sp³-hybridized carbons (Fsp3) is 0.182. The summed E-state index contributed by atoms with van der Waals surface area (Å²) < 4.78 is 5.36. The maximum atomic E-state index is 11.8. The molecule has 1 heterocycles. The fourth-order valence-electron chi connectivity index (χ4n) is 1.45. The van der Waals surface area contributed by atoms with Crippen LogP contribution in [0.2, 0.25) is 0 Å². The van der Waals surface area contributed by atoms with Gasteiger partial charge in [0.2, 0.25) is 0 Å². The van der Waals surface area contributed by atoms with Gasteiger partial charge in [0, 0.05) is 21.2 Å². The second kappa shape index (κ2) is 3.87. The molecule has 1 unspecified atom stereocenters. The van der Waals surface area contributed by atoms with E-state index in [9.17, 15) is 4.79 Å². The second-order valence-corrected chi connectivity index (χ2v) is 4.24. The Labute approximate surface area is 97.5 Å². The molecule has 4 heteroatoms. The molecule has 0 aromatic rings. The van der Waals surface area contributed by atoms with Crippen LogP contribution in [0.3, 0.4) is 0 Å². The van der Waals surface area contributed by atoms with Crippen LogP contribution >= 0.6 is 23.2 Å². The summed E-state index contributed by atoms with van der Waals surface area (Å²) in [6.45, 7) is 1.70. The lowest BCUT2D eigenvalue weighted by molar-refractivity contribution is -0.113. The Morgan fingerprint density at radius 2 is 2.00 bits per heavy atom. The maximum absolute atomic E-state index is 11.8. The molecule has 0 saturated heterocycles. The zero-order chi connectivity index (χ0) is 11.0. The highest BCUT2D eigenvalue weighted by atomic mass is 35.5. The van der Waals surface area contributed by atoms with Gasteiger partial charge in [0.1, 0.15) is 6.10 Å². The van der Waals surface area contributed by atoms with Crippen LogP contribution in [0.1, 0.15) is 6.92 Å². The van der Waals surface area contributed by atoms with Gasteiger partial charge in [0.25, 0.3) is 0 Å². The maximum Gasteiger partial charge on any atom is 0.191 e. The molecular formula is C11H8Cl2O2. The van der Waals surface area contributed by atoms with Crippen molar-refractivity contribution >= 4 is 29.0 Å². The number of carbonyl (C=O) groups excluding carboxylic acids is 1. The monoisotopic (exact) mass is 242 g/mol. The molecule has 0 saturated carbocycles. The van der Waals surface area contributed by atoms with E-state index in [1.807, 2.05) is 0 Å². The zero-order valence-corrected chi connectivity index (χ0v) is 9.47. The topological polar surface area (TPSA) is 26.3 Å². The Bertz CT molecular complexity index is 442. The quantitative estimate of drug-likeness (QED) is 0.653. The Balaban J connectivity index is 2.49. The molecule has 1 atom stereocenters. The average molecular weight is 243 g/mol. The summed E-state index contributed by atoms with van der Waals surface area (Å²) in [6.07, 6.45) is 5.85. The Kier molecular flexibility index (Phi) is 2.72. The van der Waals surface area contributed by atoms with Crippen molar-refractivity contribution in [2.24, 2.45) is 0 Å². The van der Waals surface area contributed by atoms with Crippen molar-refractivity contribution in [1.29, 1.82) is 0 Å². The van der Waals surface area contributed by atoms with Gasteiger partial charge >= 0.3 is 0 Å². The van der Waals surface area contributed by atoms with Crippen molar-refractivity contribution in [2.75, 3.05) is 0 Å². The van der Waals surface area contributed by atoms with Gasteiger partial charge in [0.05, 0.1) is 6.26 Å². The summed E-state index contributed by atoms with van der Waals surface area (Å²) in [4.78, 5) is 11.8. The van der Waals surface area contributed by atoms with Crippen LogP contribution in [-0.2, 0) is 9.53 Å². The first kappa shape index (κ1) is 10.5. The minimum Gasteiger partial charge on any atom is -0.489 e. The summed E-state index contributed by atoms with van der Waals surface area (Å²) in [5, 5.41) is 0.900. The standard InChI is InChI=1S/C11H8Cl2O2/c1-6-5-15-10-4-8(13)2-7(12)3-9(10)11(6)14/h2-5,10H,1H3. The number of allylic oxidation sites excluding steroid dienone is 5. The molecule has 2 nitrogen and oxygen atoms in total. The average Bonchev–Trinajstić information content (AvgIpc) is 2.30. The van der Waals surface area contributed by atoms with Gasteiger partial charge in [-0.25, -0.2) is 0 Å². The summed E-state index contributed by atoms with van der Waals surface area (Å²) in [7, 11) is 0. The van der Waals surface area contributed by atoms with Crippen molar-refractivity contribution in [1.82, 2.24) is 0 Å². The molecule has 1 aliphatic heterocycles. The van der Waals surface area contributed by atoms with Gasteiger partial charge in [-0.15, -0.1) is 0 Å². The number of hydrogen-bond acceptors (Lipinski definition) is 2. The van der Waals surface area contributed by atoms with Crippen molar-refractivity contribution in [3.05, 3.63) is 45.7 Å². The fourth-order valence-corrected chi connectivity index (χ4v) is 1.97. The Morgan fingerprint density at radius 3 is 2.73 bits per heavy atom. The number of rotatable bonds is 0. The molecule has 0 fully saturated rings. The van der Waals surface area contributed by atoms with E-state index in [1.54, 1.807) is 25.2 Å². The molecule has 78 valence electrons. The second-order valence-electron chi connectivity index (χ2n) is 3.37. The summed E-state index contributed by atoms with van der Waals surface area (Å²) in [5.74, 6) is -0.0552. The first-order valence-electron chi connectivity index (χ1n) is 4.41. The van der Waals surface area contributed by atoms with Crippen LogP contribution in [0.15, 0.2) is 45.7 Å². The number of hydrogen-bond donors (Lipinski definition) is 0. The number of ketones is 1. The molecule has 0 radical (unpaired) electrons. The van der Waals surface area contributed by atoms with E-state index in [2.05, 4.69) is 0 Å². The Morgan fingerprint density at radius 1 is 1.27 bits per heavy atom. The number of fused-ring (bicyclic) bond motifs is 1. The molecule has 1 aliphatic carbocycles. The van der Waals surface area contributed by atoms with E-state index in [0.717, 1.165) is 0 Å². The van der Waals surface area contributed by atoms with Crippen molar-refractivity contribution < 1.29 is 9.53 Å². The molecule has 0 N–H and O–H groups in total. The smallest absolute Gasteiger partial charge is 0.191 e. The van der Waals surface area contributed by atoms with Gasteiger partial charge in [-0.2, -0.15) is 0 Å². The highest BCUT2D eigenvalue weighted by Gasteiger charge is 2.27. The number of halogens is 2. The van der Waals surface area contributed by atoms with Crippen molar-refractivity contribution in [3.63, 3.8) is 0 Å². The molecule has 2 aliphatic rings. The minimum atomic E-state index is -0.429. The van der Waals surface area contributed by atoms with E-state index < -0.39 is 6.10 Å². The van der Waals surface area contributed by atoms with Crippen LogP contribution in [0.4, 0.5) is 0 Å². The van der Waals surface area contributed by atoms with Crippen LogP contribution in [0, 0.1) is 0 Å². The first-order valence-corrected chi connectivity index (χ1v) is 5.16. The third-order valence-corrected chi connectivity index (χ3v) is 2.65. The SMILES string of the molecule is CC1=COC2C=C(Cl)C=C(Cl)C=C2C1=O. The number of Topliss-reactive ketones (excluding diaryl/α,β-unsaturated/α-hetero) is 1. The molecule has 0 aromatic heterocycles. The zero-order valence-electron chi connectivity index (χ0n) is 7.96. The summed E-state index contributed by atoms with van der Waals surface area (Å²) in [5.41, 5.74) is 1.08. The molecule has 2 rings (SSSR count). The van der Waals surface area contributed by atoms with Gasteiger partial charge in [-0.1, -0.05) is 23.2 Å². The van der Waals surface area contributed by atoms with E-state index in [4.69, 9.17) is 27.9 Å². The predicted molar refractivity (Wildman–Crippen MR) is 59.6 cm³/mol. The van der Waals surface area contributed by atoms with E-state index in [0.29, 0.717) is 21.2 Å². The predicted octanol–water partition coefficient (Wildman–Crippen LogP) is 3.04. The highest BCUT2D eigenvalue weighted by Crippen LogP contribution is 2.28. The minimum absolute atomic E-state index is 0.0552. The lowest BCUT2D eigenvalue weighted by atomic mass is 9.98. The van der Waals surface area contributed by atoms with E-state index in [1.165, 1.54) is 6.26 Å². The largest absolute Gasteiger partial charge is 0.489 e. The van der Waals surface area contributed by atoms with Gasteiger partial charge in [0.15, 0.2) is 5.78 Å².